The van der Waals surface area contributed by atoms with E-state index in [4.69, 9.17) is 9.47 Å². The zero-order valence-corrected chi connectivity index (χ0v) is 13.5. The standard InChI is InChI=1S/C14H18BrNO4/c1-14(2,3)20-13(18)16-11-7-5-6-9(10(11)8-15)12(17)19-4/h5-7H,8H2,1-4H3,(H,16,18). The van der Waals surface area contributed by atoms with Crippen LogP contribution in [0.3, 0.4) is 0 Å². The monoisotopic (exact) mass is 343 g/mol. The van der Waals surface area contributed by atoms with E-state index >= 15 is 0 Å². The summed E-state index contributed by atoms with van der Waals surface area (Å²) in [6, 6.07) is 5.01. The molecule has 1 rings (SSSR count). The van der Waals surface area contributed by atoms with E-state index in [1.807, 2.05) is 0 Å². The molecule has 110 valence electrons. The van der Waals surface area contributed by atoms with Crippen molar-refractivity contribution in [2.45, 2.75) is 31.7 Å². The molecule has 1 N–H and O–H groups in total. The lowest BCUT2D eigenvalue weighted by Gasteiger charge is -2.20. The molecule has 20 heavy (non-hydrogen) atoms. The Balaban J connectivity index is 3.01. The summed E-state index contributed by atoms with van der Waals surface area (Å²) >= 11 is 3.31. The molecule has 0 atom stereocenters. The molecule has 0 aliphatic rings. The Bertz CT molecular complexity index is 508. The van der Waals surface area contributed by atoms with Gasteiger partial charge in [0, 0.05) is 16.6 Å². The van der Waals surface area contributed by atoms with Crippen molar-refractivity contribution in [1.29, 1.82) is 0 Å². The molecule has 0 fully saturated rings. The van der Waals surface area contributed by atoms with Gasteiger partial charge in [0.05, 0.1) is 12.7 Å². The van der Waals surface area contributed by atoms with E-state index < -0.39 is 17.7 Å². The van der Waals surface area contributed by atoms with Crippen molar-refractivity contribution in [2.24, 2.45) is 0 Å². The number of esters is 1. The first-order valence-electron chi connectivity index (χ1n) is 6.04. The molecule has 0 saturated heterocycles. The third-order valence-electron chi connectivity index (χ3n) is 2.35. The summed E-state index contributed by atoms with van der Waals surface area (Å²) < 4.78 is 9.90. The Morgan fingerprint density at radius 3 is 2.45 bits per heavy atom. The van der Waals surface area contributed by atoms with E-state index in [1.54, 1.807) is 39.0 Å². The number of benzene rings is 1. The quantitative estimate of drug-likeness (QED) is 0.671. The maximum absolute atomic E-state index is 11.8. The molecule has 0 aliphatic heterocycles. The van der Waals surface area contributed by atoms with Crippen molar-refractivity contribution in [1.82, 2.24) is 0 Å². The number of nitrogens with one attached hydrogen (secondary N) is 1. The van der Waals surface area contributed by atoms with E-state index in [9.17, 15) is 9.59 Å². The molecule has 0 saturated carbocycles. The topological polar surface area (TPSA) is 64.6 Å². The highest BCUT2D eigenvalue weighted by atomic mass is 79.9. The fourth-order valence-corrected chi connectivity index (χ4v) is 2.17. The van der Waals surface area contributed by atoms with Crippen LogP contribution in [0.4, 0.5) is 10.5 Å². The third kappa shape index (κ3) is 4.52. The number of ether oxygens (including phenoxy) is 2. The number of hydrogen-bond acceptors (Lipinski definition) is 4. The van der Waals surface area contributed by atoms with Crippen LogP contribution in [0.15, 0.2) is 18.2 Å². The normalized spacial score (nSPS) is 10.8. The maximum Gasteiger partial charge on any atom is 0.412 e. The van der Waals surface area contributed by atoms with E-state index in [0.29, 0.717) is 22.1 Å². The third-order valence-corrected chi connectivity index (χ3v) is 2.91. The minimum absolute atomic E-state index is 0.401. The number of carbonyl (C=O) groups is 2. The predicted octanol–water partition coefficient (Wildman–Crippen LogP) is 3.72. The van der Waals surface area contributed by atoms with Crippen molar-refractivity contribution in [3.63, 3.8) is 0 Å². The molecule has 0 heterocycles. The van der Waals surface area contributed by atoms with Crippen LogP contribution in [-0.4, -0.2) is 24.8 Å². The smallest absolute Gasteiger partial charge is 0.412 e. The molecular weight excluding hydrogens is 326 g/mol. The van der Waals surface area contributed by atoms with Crippen molar-refractivity contribution >= 4 is 33.7 Å². The summed E-state index contributed by atoms with van der Waals surface area (Å²) in [6.45, 7) is 5.34. The highest BCUT2D eigenvalue weighted by Crippen LogP contribution is 2.24. The molecule has 5 nitrogen and oxygen atoms in total. The minimum Gasteiger partial charge on any atom is -0.465 e. The SMILES string of the molecule is COC(=O)c1cccc(NC(=O)OC(C)(C)C)c1CBr. The van der Waals surface area contributed by atoms with Crippen molar-refractivity contribution in [2.75, 3.05) is 12.4 Å². The lowest BCUT2D eigenvalue weighted by molar-refractivity contribution is 0.0595. The Morgan fingerprint density at radius 1 is 1.30 bits per heavy atom. The average Bonchev–Trinajstić information content (AvgIpc) is 2.35. The minimum atomic E-state index is -0.585. The second-order valence-electron chi connectivity index (χ2n) is 5.08. The van der Waals surface area contributed by atoms with Gasteiger partial charge in [-0.05, 0) is 32.9 Å². The molecule has 0 radical (unpaired) electrons. The number of carbonyl (C=O) groups excluding carboxylic acids is 2. The molecule has 0 aliphatic carbocycles. The van der Waals surface area contributed by atoms with Gasteiger partial charge in [0.2, 0.25) is 0 Å². The van der Waals surface area contributed by atoms with Crippen LogP contribution in [0.2, 0.25) is 0 Å². The van der Waals surface area contributed by atoms with Gasteiger partial charge in [0.25, 0.3) is 0 Å². The number of amides is 1. The van der Waals surface area contributed by atoms with E-state index in [0.717, 1.165) is 0 Å². The number of rotatable bonds is 3. The second-order valence-corrected chi connectivity index (χ2v) is 5.64. The van der Waals surface area contributed by atoms with E-state index in [2.05, 4.69) is 21.2 Å². The lowest BCUT2D eigenvalue weighted by Crippen LogP contribution is -2.27. The average molecular weight is 344 g/mol. The van der Waals surface area contributed by atoms with Gasteiger partial charge in [0.1, 0.15) is 5.60 Å². The highest BCUT2D eigenvalue weighted by molar-refractivity contribution is 9.08. The van der Waals surface area contributed by atoms with Gasteiger partial charge >= 0.3 is 12.1 Å². The Hall–Kier alpha value is -1.56. The number of alkyl halides is 1. The van der Waals surface area contributed by atoms with Crippen LogP contribution < -0.4 is 5.32 Å². The van der Waals surface area contributed by atoms with Crippen LogP contribution >= 0.6 is 15.9 Å². The summed E-state index contributed by atoms with van der Waals surface area (Å²) in [5.41, 5.74) is 0.973. The first kappa shape index (κ1) is 16.5. The fraction of sp³-hybridized carbons (Fsp3) is 0.429. The molecular formula is C14H18BrNO4. The van der Waals surface area contributed by atoms with Gasteiger partial charge in [-0.3, -0.25) is 5.32 Å². The van der Waals surface area contributed by atoms with Gasteiger partial charge < -0.3 is 9.47 Å². The molecule has 1 amide bonds. The Labute approximate surface area is 126 Å². The molecule has 0 aromatic heterocycles. The highest BCUT2D eigenvalue weighted by Gasteiger charge is 2.19. The van der Waals surface area contributed by atoms with Gasteiger partial charge in [-0.2, -0.15) is 0 Å². The number of methoxy groups -OCH3 is 1. The number of halogens is 1. The summed E-state index contributed by atoms with van der Waals surface area (Å²) in [5.74, 6) is -0.452. The van der Waals surface area contributed by atoms with Crippen LogP contribution in [0.5, 0.6) is 0 Å². The van der Waals surface area contributed by atoms with Gasteiger partial charge in [-0.25, -0.2) is 9.59 Å². The predicted molar refractivity (Wildman–Crippen MR) is 80.3 cm³/mol. The van der Waals surface area contributed by atoms with Crippen LogP contribution in [-0.2, 0) is 14.8 Å². The first-order chi connectivity index (χ1) is 9.28. The van der Waals surface area contributed by atoms with Crippen molar-refractivity contribution < 1.29 is 19.1 Å². The molecule has 0 unspecified atom stereocenters. The van der Waals surface area contributed by atoms with E-state index in [1.165, 1.54) is 7.11 Å². The van der Waals surface area contributed by atoms with Crippen molar-refractivity contribution in [3.8, 4) is 0 Å². The molecule has 0 spiro atoms. The first-order valence-corrected chi connectivity index (χ1v) is 7.17. The number of hydrogen-bond donors (Lipinski definition) is 1. The van der Waals surface area contributed by atoms with Gasteiger partial charge in [-0.15, -0.1) is 0 Å². The largest absolute Gasteiger partial charge is 0.465 e. The zero-order chi connectivity index (χ0) is 15.3. The second kappa shape index (κ2) is 6.74. The van der Waals surface area contributed by atoms with Crippen LogP contribution in [0.25, 0.3) is 0 Å². The Kier molecular flexibility index (Phi) is 5.56. The van der Waals surface area contributed by atoms with Gasteiger partial charge in [-0.1, -0.05) is 22.0 Å². The molecule has 1 aromatic rings. The summed E-state index contributed by atoms with van der Waals surface area (Å²) in [7, 11) is 1.31. The van der Waals surface area contributed by atoms with Crippen molar-refractivity contribution in [3.05, 3.63) is 29.3 Å². The Morgan fingerprint density at radius 2 is 1.95 bits per heavy atom. The number of anilines is 1. The van der Waals surface area contributed by atoms with Gasteiger partial charge in [0.15, 0.2) is 0 Å². The maximum atomic E-state index is 11.8. The van der Waals surface area contributed by atoms with Crippen LogP contribution in [0, 0.1) is 0 Å². The summed E-state index contributed by atoms with van der Waals surface area (Å²) in [5, 5.41) is 3.04. The summed E-state index contributed by atoms with van der Waals surface area (Å²) in [4.78, 5) is 23.5. The molecule has 1 aromatic carbocycles. The zero-order valence-electron chi connectivity index (χ0n) is 12.0. The summed E-state index contributed by atoms with van der Waals surface area (Å²) in [6.07, 6.45) is -0.568. The van der Waals surface area contributed by atoms with Crippen LogP contribution in [0.1, 0.15) is 36.7 Å². The molecule has 0 bridgehead atoms. The molecule has 6 heteroatoms. The van der Waals surface area contributed by atoms with E-state index in [-0.39, 0.29) is 0 Å². The lowest BCUT2D eigenvalue weighted by atomic mass is 10.1. The fourth-order valence-electron chi connectivity index (χ4n) is 1.56.